The SMILES string of the molecule is CCC(CN)C(=O)Nc1ccc(-c2cnc[nH]2)cc1. The largest absolute Gasteiger partial charge is 0.345 e. The van der Waals surface area contributed by atoms with Gasteiger partial charge in [0.15, 0.2) is 0 Å². The van der Waals surface area contributed by atoms with Crippen LogP contribution in [0.2, 0.25) is 0 Å². The van der Waals surface area contributed by atoms with Crippen LogP contribution in [0, 0.1) is 5.92 Å². The molecule has 1 heterocycles. The lowest BCUT2D eigenvalue weighted by molar-refractivity contribution is -0.119. The maximum Gasteiger partial charge on any atom is 0.228 e. The van der Waals surface area contributed by atoms with Crippen LogP contribution in [0.5, 0.6) is 0 Å². The fraction of sp³-hybridized carbons (Fsp3) is 0.286. The molecule has 1 atom stereocenters. The van der Waals surface area contributed by atoms with Crippen LogP contribution in [0.4, 0.5) is 5.69 Å². The summed E-state index contributed by atoms with van der Waals surface area (Å²) >= 11 is 0. The quantitative estimate of drug-likeness (QED) is 0.767. The predicted molar refractivity (Wildman–Crippen MR) is 75.5 cm³/mol. The molecule has 1 aromatic heterocycles. The molecule has 1 aromatic carbocycles. The maximum absolute atomic E-state index is 11.9. The Morgan fingerprint density at radius 2 is 2.16 bits per heavy atom. The van der Waals surface area contributed by atoms with E-state index in [2.05, 4.69) is 15.3 Å². The van der Waals surface area contributed by atoms with Crippen molar-refractivity contribution < 1.29 is 4.79 Å². The van der Waals surface area contributed by atoms with Crippen LogP contribution in [-0.4, -0.2) is 22.4 Å². The van der Waals surface area contributed by atoms with Gasteiger partial charge in [-0.1, -0.05) is 19.1 Å². The Hall–Kier alpha value is -2.14. The van der Waals surface area contributed by atoms with E-state index in [0.29, 0.717) is 6.54 Å². The molecule has 0 saturated carbocycles. The van der Waals surface area contributed by atoms with Crippen LogP contribution in [-0.2, 0) is 4.79 Å². The second kappa shape index (κ2) is 6.15. The fourth-order valence-corrected chi connectivity index (χ4v) is 1.85. The molecular weight excluding hydrogens is 240 g/mol. The van der Waals surface area contributed by atoms with Crippen LogP contribution in [0.1, 0.15) is 13.3 Å². The standard InChI is InChI=1S/C14H18N4O/c1-2-10(7-15)14(19)18-12-5-3-11(4-6-12)13-8-16-9-17-13/h3-6,8-10H,2,7,15H2,1H3,(H,16,17)(H,18,19). The molecule has 19 heavy (non-hydrogen) atoms. The number of carbonyl (C=O) groups excluding carboxylic acids is 1. The second-order valence-electron chi connectivity index (χ2n) is 4.37. The number of hydrogen-bond acceptors (Lipinski definition) is 3. The van der Waals surface area contributed by atoms with Crippen molar-refractivity contribution >= 4 is 11.6 Å². The van der Waals surface area contributed by atoms with E-state index in [9.17, 15) is 4.79 Å². The molecule has 0 spiro atoms. The summed E-state index contributed by atoms with van der Waals surface area (Å²) < 4.78 is 0. The number of hydrogen-bond donors (Lipinski definition) is 3. The molecule has 2 rings (SSSR count). The molecule has 0 radical (unpaired) electrons. The third kappa shape index (κ3) is 3.20. The Morgan fingerprint density at radius 3 is 2.68 bits per heavy atom. The first-order valence-electron chi connectivity index (χ1n) is 6.34. The van der Waals surface area contributed by atoms with Crippen molar-refractivity contribution in [3.8, 4) is 11.3 Å². The van der Waals surface area contributed by atoms with E-state index >= 15 is 0 Å². The number of benzene rings is 1. The van der Waals surface area contributed by atoms with Crippen LogP contribution in [0.3, 0.4) is 0 Å². The highest BCUT2D eigenvalue weighted by Gasteiger charge is 2.14. The highest BCUT2D eigenvalue weighted by atomic mass is 16.1. The van der Waals surface area contributed by atoms with Crippen molar-refractivity contribution in [3.63, 3.8) is 0 Å². The van der Waals surface area contributed by atoms with Gasteiger partial charge in [-0.3, -0.25) is 4.79 Å². The predicted octanol–water partition coefficient (Wildman–Crippen LogP) is 2.00. The van der Waals surface area contributed by atoms with Crippen LogP contribution in [0.25, 0.3) is 11.3 Å². The number of nitrogens with one attached hydrogen (secondary N) is 2. The zero-order valence-electron chi connectivity index (χ0n) is 10.9. The number of nitrogens with zero attached hydrogens (tertiary/aromatic N) is 1. The van der Waals surface area contributed by atoms with Crippen LogP contribution in [0.15, 0.2) is 36.8 Å². The number of aromatic nitrogens is 2. The minimum atomic E-state index is -0.132. The van der Waals surface area contributed by atoms with Gasteiger partial charge in [0.05, 0.1) is 24.1 Å². The Bertz CT molecular complexity index is 515. The highest BCUT2D eigenvalue weighted by molar-refractivity contribution is 5.92. The summed E-state index contributed by atoms with van der Waals surface area (Å²) in [7, 11) is 0. The van der Waals surface area contributed by atoms with Gasteiger partial charge in [-0.05, 0) is 24.1 Å². The lowest BCUT2D eigenvalue weighted by Gasteiger charge is -2.12. The first-order chi connectivity index (χ1) is 9.24. The van der Waals surface area contributed by atoms with E-state index in [-0.39, 0.29) is 11.8 Å². The van der Waals surface area contributed by atoms with Gasteiger partial charge in [0.25, 0.3) is 0 Å². The van der Waals surface area contributed by atoms with E-state index in [0.717, 1.165) is 23.4 Å². The van der Waals surface area contributed by atoms with E-state index in [1.807, 2.05) is 31.2 Å². The van der Waals surface area contributed by atoms with Gasteiger partial charge in [-0.2, -0.15) is 0 Å². The zero-order chi connectivity index (χ0) is 13.7. The molecule has 0 fully saturated rings. The number of rotatable bonds is 5. The van der Waals surface area contributed by atoms with Crippen molar-refractivity contribution in [3.05, 3.63) is 36.8 Å². The number of aromatic amines is 1. The average molecular weight is 258 g/mol. The smallest absolute Gasteiger partial charge is 0.228 e. The average Bonchev–Trinajstić information content (AvgIpc) is 2.95. The molecule has 0 bridgehead atoms. The van der Waals surface area contributed by atoms with E-state index in [4.69, 9.17) is 5.73 Å². The summed E-state index contributed by atoms with van der Waals surface area (Å²) in [5.74, 6) is -0.161. The van der Waals surface area contributed by atoms with Crippen molar-refractivity contribution in [2.75, 3.05) is 11.9 Å². The Kier molecular flexibility index (Phi) is 4.30. The Morgan fingerprint density at radius 1 is 1.42 bits per heavy atom. The van der Waals surface area contributed by atoms with Gasteiger partial charge < -0.3 is 16.0 Å². The molecule has 5 heteroatoms. The monoisotopic (exact) mass is 258 g/mol. The Labute approximate surface area is 112 Å². The number of H-pyrrole nitrogens is 1. The number of nitrogens with two attached hydrogens (primary N) is 1. The third-order valence-corrected chi connectivity index (χ3v) is 3.11. The van der Waals surface area contributed by atoms with E-state index in [1.165, 1.54) is 0 Å². The fourth-order valence-electron chi connectivity index (χ4n) is 1.85. The summed E-state index contributed by atoms with van der Waals surface area (Å²) in [4.78, 5) is 18.9. The third-order valence-electron chi connectivity index (χ3n) is 3.11. The summed E-state index contributed by atoms with van der Waals surface area (Å²) in [6, 6.07) is 7.62. The zero-order valence-corrected chi connectivity index (χ0v) is 10.9. The van der Waals surface area contributed by atoms with Crippen molar-refractivity contribution in [2.45, 2.75) is 13.3 Å². The number of anilines is 1. The number of amides is 1. The molecule has 0 aliphatic heterocycles. The lowest BCUT2D eigenvalue weighted by atomic mass is 10.1. The van der Waals surface area contributed by atoms with E-state index < -0.39 is 0 Å². The molecule has 1 unspecified atom stereocenters. The summed E-state index contributed by atoms with van der Waals surface area (Å²) in [6.07, 6.45) is 4.14. The molecule has 0 aliphatic carbocycles. The van der Waals surface area contributed by atoms with Crippen molar-refractivity contribution in [2.24, 2.45) is 11.7 Å². The molecular formula is C14H18N4O. The molecule has 1 amide bonds. The second-order valence-corrected chi connectivity index (χ2v) is 4.37. The minimum Gasteiger partial charge on any atom is -0.345 e. The van der Waals surface area contributed by atoms with Gasteiger partial charge >= 0.3 is 0 Å². The van der Waals surface area contributed by atoms with Gasteiger partial charge in [-0.25, -0.2) is 4.98 Å². The topological polar surface area (TPSA) is 83.8 Å². The van der Waals surface area contributed by atoms with Gasteiger partial charge in [0.2, 0.25) is 5.91 Å². The summed E-state index contributed by atoms with van der Waals surface area (Å²) in [5, 5.41) is 2.87. The van der Waals surface area contributed by atoms with Crippen LogP contribution < -0.4 is 11.1 Å². The molecule has 100 valence electrons. The summed E-state index contributed by atoms with van der Waals surface area (Å²) in [5.41, 5.74) is 8.31. The number of imidazole rings is 1. The number of carbonyl (C=O) groups is 1. The first-order valence-corrected chi connectivity index (χ1v) is 6.34. The maximum atomic E-state index is 11.9. The molecule has 4 N–H and O–H groups in total. The minimum absolute atomic E-state index is 0.0284. The first kappa shape index (κ1) is 13.3. The van der Waals surface area contributed by atoms with Crippen molar-refractivity contribution in [1.82, 2.24) is 9.97 Å². The van der Waals surface area contributed by atoms with Gasteiger partial charge in [-0.15, -0.1) is 0 Å². The molecule has 0 saturated heterocycles. The van der Waals surface area contributed by atoms with Crippen LogP contribution >= 0.6 is 0 Å². The molecule has 5 nitrogen and oxygen atoms in total. The normalized spacial score (nSPS) is 12.1. The van der Waals surface area contributed by atoms with Gasteiger partial charge in [0.1, 0.15) is 0 Å². The van der Waals surface area contributed by atoms with Crippen molar-refractivity contribution in [1.29, 1.82) is 0 Å². The lowest BCUT2D eigenvalue weighted by Crippen LogP contribution is -2.28. The molecule has 2 aromatic rings. The molecule has 0 aliphatic rings. The Balaban J connectivity index is 2.05. The van der Waals surface area contributed by atoms with E-state index in [1.54, 1.807) is 12.5 Å². The highest BCUT2D eigenvalue weighted by Crippen LogP contribution is 2.19. The summed E-state index contributed by atoms with van der Waals surface area (Å²) in [6.45, 7) is 2.33. The van der Waals surface area contributed by atoms with Gasteiger partial charge in [0, 0.05) is 12.2 Å².